The molecule has 0 amide bonds. The molecule has 0 saturated heterocycles. The Bertz CT molecular complexity index is 574. The van der Waals surface area contributed by atoms with Gasteiger partial charge in [-0.15, -0.1) is 0 Å². The van der Waals surface area contributed by atoms with Crippen LogP contribution in [0.4, 0.5) is 0 Å². The molecule has 2 rings (SSSR count). The molecule has 2 unspecified atom stereocenters. The first kappa shape index (κ1) is 15.7. The van der Waals surface area contributed by atoms with E-state index in [2.05, 4.69) is 36.1 Å². The molecule has 2 atom stereocenters. The molecule has 0 bridgehead atoms. The molecule has 1 heterocycles. The Morgan fingerprint density at radius 3 is 2.24 bits per heavy atom. The van der Waals surface area contributed by atoms with Crippen molar-refractivity contribution in [1.29, 1.82) is 0 Å². The van der Waals surface area contributed by atoms with Crippen LogP contribution in [-0.2, 0) is 19.3 Å². The van der Waals surface area contributed by atoms with Gasteiger partial charge in [-0.2, -0.15) is 5.10 Å². The van der Waals surface area contributed by atoms with E-state index in [1.165, 1.54) is 5.56 Å². The smallest absolute Gasteiger partial charge is 0.150 e. The van der Waals surface area contributed by atoms with Crippen molar-refractivity contribution in [1.82, 2.24) is 14.8 Å². The number of aliphatic hydroxyl groups excluding tert-OH is 1. The maximum atomic E-state index is 10.6. The normalized spacial score (nSPS) is 14.1. The van der Waals surface area contributed by atoms with Crippen LogP contribution >= 0.6 is 0 Å². The van der Waals surface area contributed by atoms with Crippen LogP contribution in [0.5, 0.6) is 0 Å². The molecule has 2 aromatic rings. The van der Waals surface area contributed by atoms with Crippen LogP contribution in [0.1, 0.15) is 62.6 Å². The topological polar surface area (TPSA) is 50.9 Å². The molecule has 4 nitrogen and oxygen atoms in total. The van der Waals surface area contributed by atoms with Gasteiger partial charge in [0.15, 0.2) is 5.82 Å². The fourth-order valence-corrected chi connectivity index (χ4v) is 2.48. The lowest BCUT2D eigenvalue weighted by Gasteiger charge is -2.21. The summed E-state index contributed by atoms with van der Waals surface area (Å²) in [5, 5.41) is 15.1. The largest absolute Gasteiger partial charge is 0.386 e. The lowest BCUT2D eigenvalue weighted by atomic mass is 10.0. The van der Waals surface area contributed by atoms with E-state index in [0.29, 0.717) is 0 Å². The van der Waals surface area contributed by atoms with Crippen LogP contribution < -0.4 is 0 Å². The molecule has 1 aromatic heterocycles. The Morgan fingerprint density at radius 1 is 1.05 bits per heavy atom. The monoisotopic (exact) mass is 287 g/mol. The van der Waals surface area contributed by atoms with E-state index < -0.39 is 6.10 Å². The molecule has 0 aliphatic carbocycles. The van der Waals surface area contributed by atoms with E-state index in [1.807, 2.05) is 30.7 Å². The van der Waals surface area contributed by atoms with Gasteiger partial charge in [0.05, 0.1) is 6.04 Å². The van der Waals surface area contributed by atoms with Crippen molar-refractivity contribution in [3.63, 3.8) is 0 Å². The molecular weight excluding hydrogens is 262 g/mol. The number of rotatable bonds is 6. The quantitative estimate of drug-likeness (QED) is 0.887. The summed E-state index contributed by atoms with van der Waals surface area (Å²) in [6.45, 7) is 8.23. The predicted molar refractivity (Wildman–Crippen MR) is 84.3 cm³/mol. The van der Waals surface area contributed by atoms with Crippen LogP contribution in [0.2, 0.25) is 0 Å². The molecule has 114 valence electrons. The van der Waals surface area contributed by atoms with Crippen LogP contribution in [-0.4, -0.2) is 19.9 Å². The molecule has 0 spiro atoms. The number of aliphatic hydroxyl groups is 1. The van der Waals surface area contributed by atoms with E-state index in [-0.39, 0.29) is 6.04 Å². The molecule has 0 saturated carbocycles. The van der Waals surface area contributed by atoms with E-state index >= 15 is 0 Å². The number of benzene rings is 1. The van der Waals surface area contributed by atoms with E-state index in [0.717, 1.165) is 36.5 Å². The Labute approximate surface area is 126 Å². The van der Waals surface area contributed by atoms with Gasteiger partial charge < -0.3 is 5.11 Å². The highest BCUT2D eigenvalue weighted by molar-refractivity contribution is 5.24. The van der Waals surface area contributed by atoms with E-state index in [1.54, 1.807) is 0 Å². The predicted octanol–water partition coefficient (Wildman–Crippen LogP) is 3.26. The second kappa shape index (κ2) is 6.85. The highest BCUT2D eigenvalue weighted by Gasteiger charge is 2.22. The molecule has 0 radical (unpaired) electrons. The lowest BCUT2D eigenvalue weighted by molar-refractivity contribution is 0.113. The molecule has 0 fully saturated rings. The summed E-state index contributed by atoms with van der Waals surface area (Å²) < 4.78 is 1.87. The van der Waals surface area contributed by atoms with Crippen molar-refractivity contribution in [3.05, 3.63) is 47.0 Å². The Kier molecular flexibility index (Phi) is 5.12. The zero-order chi connectivity index (χ0) is 15.4. The highest BCUT2D eigenvalue weighted by atomic mass is 16.3. The average Bonchev–Trinajstić information content (AvgIpc) is 2.97. The number of hydrogen-bond acceptors (Lipinski definition) is 3. The molecule has 4 heteroatoms. The number of aryl methyl sites for hydroxylation is 3. The minimum atomic E-state index is -0.576. The van der Waals surface area contributed by atoms with Crippen LogP contribution in [0.3, 0.4) is 0 Å². The average molecular weight is 287 g/mol. The Hall–Kier alpha value is -1.68. The van der Waals surface area contributed by atoms with Crippen molar-refractivity contribution >= 4 is 0 Å². The first-order valence-electron chi connectivity index (χ1n) is 7.81. The van der Waals surface area contributed by atoms with Gasteiger partial charge in [-0.3, -0.25) is 0 Å². The van der Waals surface area contributed by atoms with E-state index in [4.69, 9.17) is 0 Å². The van der Waals surface area contributed by atoms with Crippen molar-refractivity contribution < 1.29 is 5.11 Å². The molecule has 21 heavy (non-hydrogen) atoms. The molecule has 1 aromatic carbocycles. The second-order valence-electron chi connectivity index (χ2n) is 5.38. The maximum absolute atomic E-state index is 10.6. The van der Waals surface area contributed by atoms with Crippen molar-refractivity contribution in [2.45, 2.75) is 59.1 Å². The zero-order valence-corrected chi connectivity index (χ0v) is 13.4. The van der Waals surface area contributed by atoms with Crippen LogP contribution in [0.15, 0.2) is 24.3 Å². The van der Waals surface area contributed by atoms with Gasteiger partial charge in [-0.1, -0.05) is 45.0 Å². The maximum Gasteiger partial charge on any atom is 0.150 e. The van der Waals surface area contributed by atoms with Gasteiger partial charge in [-0.25, -0.2) is 9.67 Å². The third-order valence-electron chi connectivity index (χ3n) is 3.95. The van der Waals surface area contributed by atoms with Crippen molar-refractivity contribution in [3.8, 4) is 0 Å². The lowest BCUT2D eigenvalue weighted by Crippen LogP contribution is -2.18. The van der Waals surface area contributed by atoms with Crippen molar-refractivity contribution in [2.24, 2.45) is 0 Å². The summed E-state index contributed by atoms with van der Waals surface area (Å²) in [4.78, 5) is 4.51. The minimum absolute atomic E-state index is 0.125. The highest BCUT2D eigenvalue weighted by Crippen LogP contribution is 2.27. The fraction of sp³-hybridized carbons (Fsp3) is 0.529. The third kappa shape index (κ3) is 3.32. The minimum Gasteiger partial charge on any atom is -0.386 e. The SMILES string of the molecule is CCc1ccc(C(O)C(C)n2nc(CC)nc2CC)cc1. The summed E-state index contributed by atoms with van der Waals surface area (Å²) in [7, 11) is 0. The van der Waals surface area contributed by atoms with Gasteiger partial charge >= 0.3 is 0 Å². The van der Waals surface area contributed by atoms with Crippen LogP contribution in [0, 0.1) is 0 Å². The van der Waals surface area contributed by atoms with Crippen LogP contribution in [0.25, 0.3) is 0 Å². The van der Waals surface area contributed by atoms with Gasteiger partial charge in [-0.05, 0) is 24.5 Å². The van der Waals surface area contributed by atoms with Gasteiger partial charge in [0.25, 0.3) is 0 Å². The molecular formula is C17H25N3O. The van der Waals surface area contributed by atoms with Gasteiger partial charge in [0.2, 0.25) is 0 Å². The molecule has 1 N–H and O–H groups in total. The van der Waals surface area contributed by atoms with Gasteiger partial charge in [0.1, 0.15) is 11.9 Å². The summed E-state index contributed by atoms with van der Waals surface area (Å²) in [5.74, 6) is 1.77. The number of nitrogens with zero attached hydrogens (tertiary/aromatic N) is 3. The Balaban J connectivity index is 2.25. The summed E-state index contributed by atoms with van der Waals surface area (Å²) in [6.07, 6.45) is 2.06. The number of aromatic nitrogens is 3. The Morgan fingerprint density at radius 2 is 1.71 bits per heavy atom. The van der Waals surface area contributed by atoms with Gasteiger partial charge in [0, 0.05) is 12.8 Å². The molecule has 0 aliphatic rings. The third-order valence-corrected chi connectivity index (χ3v) is 3.95. The van der Waals surface area contributed by atoms with E-state index in [9.17, 15) is 5.11 Å². The first-order chi connectivity index (χ1) is 10.1. The fourth-order valence-electron chi connectivity index (χ4n) is 2.48. The summed E-state index contributed by atoms with van der Waals surface area (Å²) >= 11 is 0. The zero-order valence-electron chi connectivity index (χ0n) is 13.4. The van der Waals surface area contributed by atoms with Crippen molar-refractivity contribution in [2.75, 3.05) is 0 Å². The number of hydrogen-bond donors (Lipinski definition) is 1. The first-order valence-corrected chi connectivity index (χ1v) is 7.81. The standard InChI is InChI=1S/C17H25N3O/c1-5-13-8-10-14(11-9-13)17(21)12(4)20-16(7-3)18-15(6-2)19-20/h8-12,17,21H,5-7H2,1-4H3. The molecule has 0 aliphatic heterocycles. The summed E-state index contributed by atoms with van der Waals surface area (Å²) in [6, 6.07) is 8.03. The summed E-state index contributed by atoms with van der Waals surface area (Å²) in [5.41, 5.74) is 2.21. The second-order valence-corrected chi connectivity index (χ2v) is 5.38.